The number of quaternary nitrogens is 1. The fourth-order valence-corrected chi connectivity index (χ4v) is 4.23. The lowest BCUT2D eigenvalue weighted by atomic mass is 10.0. The van der Waals surface area contributed by atoms with Gasteiger partial charge in [0.15, 0.2) is 11.5 Å². The van der Waals surface area contributed by atoms with Crippen LogP contribution in [0.25, 0.3) is 0 Å². The van der Waals surface area contributed by atoms with Crippen LogP contribution in [0.1, 0.15) is 29.0 Å². The van der Waals surface area contributed by atoms with Crippen LogP contribution in [0.4, 0.5) is 0 Å². The number of hydrogen-bond donors (Lipinski definition) is 2. The minimum absolute atomic E-state index is 0.240. The molecular formula is C16H18NO3S+. The van der Waals surface area contributed by atoms with Gasteiger partial charge in [0.2, 0.25) is 6.79 Å². The predicted octanol–water partition coefficient (Wildman–Crippen LogP) is 1.88. The summed E-state index contributed by atoms with van der Waals surface area (Å²) in [5.41, 5.74) is 2.39. The van der Waals surface area contributed by atoms with Gasteiger partial charge in [-0.2, -0.15) is 0 Å². The van der Waals surface area contributed by atoms with Crippen molar-refractivity contribution in [3.63, 3.8) is 0 Å². The average Bonchev–Trinajstić information content (AvgIpc) is 3.10. The van der Waals surface area contributed by atoms with Crippen molar-refractivity contribution in [1.82, 2.24) is 0 Å². The molecule has 110 valence electrons. The number of phenols is 1. The van der Waals surface area contributed by atoms with Crippen molar-refractivity contribution in [3.8, 4) is 17.2 Å². The van der Waals surface area contributed by atoms with E-state index in [-0.39, 0.29) is 6.79 Å². The zero-order valence-electron chi connectivity index (χ0n) is 11.9. The highest BCUT2D eigenvalue weighted by Crippen LogP contribution is 2.37. The molecule has 1 aromatic carbocycles. The van der Waals surface area contributed by atoms with E-state index in [1.54, 1.807) is 6.07 Å². The second-order valence-corrected chi connectivity index (χ2v) is 6.69. The monoisotopic (exact) mass is 304 g/mol. The lowest BCUT2D eigenvalue weighted by Crippen LogP contribution is -3.11. The van der Waals surface area contributed by atoms with Gasteiger partial charge in [0.1, 0.15) is 18.3 Å². The molecule has 2 N–H and O–H groups in total. The molecule has 5 heteroatoms. The number of ether oxygens (including phenoxy) is 2. The molecule has 0 saturated carbocycles. The molecule has 4 nitrogen and oxygen atoms in total. The quantitative estimate of drug-likeness (QED) is 0.890. The molecule has 0 fully saturated rings. The first kappa shape index (κ1) is 13.0. The Kier molecular flexibility index (Phi) is 3.05. The summed E-state index contributed by atoms with van der Waals surface area (Å²) in [5, 5.41) is 12.4. The van der Waals surface area contributed by atoms with Gasteiger partial charge in [0, 0.05) is 22.9 Å². The number of benzene rings is 1. The van der Waals surface area contributed by atoms with Gasteiger partial charge in [-0.25, -0.2) is 0 Å². The third-order valence-corrected chi connectivity index (χ3v) is 5.52. The maximum Gasteiger partial charge on any atom is 0.231 e. The maximum atomic E-state index is 10.2. The highest BCUT2D eigenvalue weighted by Gasteiger charge is 2.29. The Morgan fingerprint density at radius 1 is 1.33 bits per heavy atom. The molecule has 0 aliphatic carbocycles. The molecule has 2 aromatic rings. The topological polar surface area (TPSA) is 43.1 Å². The summed E-state index contributed by atoms with van der Waals surface area (Å²) in [6, 6.07) is 6.29. The molecule has 0 saturated heterocycles. The fraction of sp³-hybridized carbons (Fsp3) is 0.375. The third-order valence-electron chi connectivity index (χ3n) is 4.52. The van der Waals surface area contributed by atoms with Gasteiger partial charge in [-0.05, 0) is 24.4 Å². The molecule has 21 heavy (non-hydrogen) atoms. The maximum absolute atomic E-state index is 10.2. The van der Waals surface area contributed by atoms with Crippen molar-refractivity contribution in [2.75, 3.05) is 13.3 Å². The van der Waals surface area contributed by atoms with Crippen molar-refractivity contribution in [2.24, 2.45) is 0 Å². The number of phenolic OH excluding ortho intramolecular Hbond substituents is 1. The van der Waals surface area contributed by atoms with Crippen molar-refractivity contribution in [1.29, 1.82) is 0 Å². The van der Waals surface area contributed by atoms with Crippen LogP contribution in [0.5, 0.6) is 17.2 Å². The second-order valence-electron chi connectivity index (χ2n) is 5.69. The van der Waals surface area contributed by atoms with Crippen LogP contribution in [-0.2, 0) is 13.0 Å². The number of thiophene rings is 1. The van der Waals surface area contributed by atoms with E-state index in [0.717, 1.165) is 30.8 Å². The smallest absolute Gasteiger partial charge is 0.231 e. The largest absolute Gasteiger partial charge is 0.507 e. The summed E-state index contributed by atoms with van der Waals surface area (Å²) >= 11 is 1.86. The summed E-state index contributed by atoms with van der Waals surface area (Å²) in [6.07, 6.45) is 1.12. The molecule has 1 aromatic heterocycles. The second kappa shape index (κ2) is 4.93. The first-order valence-corrected chi connectivity index (χ1v) is 8.12. The van der Waals surface area contributed by atoms with Crippen LogP contribution < -0.4 is 14.4 Å². The summed E-state index contributed by atoms with van der Waals surface area (Å²) < 4.78 is 10.7. The normalized spacial score (nSPS) is 23.1. The standard InChI is InChI=1S/C16H17NO3S/c1-10-12-3-5-21-16(12)2-4-17(10)8-11-6-14-15(7-13(11)18)20-9-19-14/h3,5-7,10,18H,2,4,8-9H2,1H3/p+1/t10-/m0/s1. The first-order valence-electron chi connectivity index (χ1n) is 7.24. The van der Waals surface area contributed by atoms with E-state index in [4.69, 9.17) is 9.47 Å². The minimum Gasteiger partial charge on any atom is -0.507 e. The highest BCUT2D eigenvalue weighted by atomic mass is 32.1. The van der Waals surface area contributed by atoms with Crippen molar-refractivity contribution in [2.45, 2.75) is 25.9 Å². The highest BCUT2D eigenvalue weighted by molar-refractivity contribution is 7.10. The number of nitrogens with one attached hydrogen (secondary N) is 1. The fourth-order valence-electron chi connectivity index (χ4n) is 3.25. The van der Waals surface area contributed by atoms with Crippen LogP contribution in [-0.4, -0.2) is 18.4 Å². The molecule has 1 unspecified atom stereocenters. The minimum atomic E-state index is 0.240. The average molecular weight is 304 g/mol. The lowest BCUT2D eigenvalue weighted by Gasteiger charge is -2.30. The Balaban J connectivity index is 1.60. The Bertz CT molecular complexity index is 682. The zero-order valence-corrected chi connectivity index (χ0v) is 12.7. The number of rotatable bonds is 2. The van der Waals surface area contributed by atoms with E-state index in [0.29, 0.717) is 17.5 Å². The van der Waals surface area contributed by atoms with Crippen LogP contribution in [0, 0.1) is 0 Å². The van der Waals surface area contributed by atoms with Crippen molar-refractivity contribution < 1.29 is 19.5 Å². The van der Waals surface area contributed by atoms with E-state index in [2.05, 4.69) is 18.4 Å². The molecule has 4 rings (SSSR count). The van der Waals surface area contributed by atoms with E-state index < -0.39 is 0 Å². The van der Waals surface area contributed by atoms with Gasteiger partial charge in [-0.1, -0.05) is 0 Å². The van der Waals surface area contributed by atoms with Crippen molar-refractivity contribution in [3.05, 3.63) is 39.6 Å². The summed E-state index contributed by atoms with van der Waals surface area (Å²) in [5.74, 6) is 1.68. The Morgan fingerprint density at radius 3 is 3.00 bits per heavy atom. The number of hydrogen-bond acceptors (Lipinski definition) is 4. The molecule has 2 aliphatic rings. The van der Waals surface area contributed by atoms with E-state index in [1.807, 2.05) is 17.4 Å². The van der Waals surface area contributed by atoms with Gasteiger partial charge in [0.25, 0.3) is 0 Å². The molecule has 0 amide bonds. The van der Waals surface area contributed by atoms with Gasteiger partial charge in [0.05, 0.1) is 12.1 Å². The molecule has 3 heterocycles. The number of fused-ring (bicyclic) bond motifs is 2. The zero-order chi connectivity index (χ0) is 14.4. The van der Waals surface area contributed by atoms with Gasteiger partial charge >= 0.3 is 0 Å². The summed E-state index contributed by atoms with van der Waals surface area (Å²) in [4.78, 5) is 3.00. The molecule has 0 spiro atoms. The SMILES string of the molecule is C[C@H]1c2ccsc2CC[NH+]1Cc1cc2c(cc1O)OCO2. The lowest BCUT2D eigenvalue weighted by molar-refractivity contribution is -0.945. The van der Waals surface area contributed by atoms with Crippen molar-refractivity contribution >= 4 is 11.3 Å². The van der Waals surface area contributed by atoms with E-state index >= 15 is 0 Å². The summed E-state index contributed by atoms with van der Waals surface area (Å²) in [6.45, 7) is 4.41. The van der Waals surface area contributed by atoms with Gasteiger partial charge in [-0.15, -0.1) is 11.3 Å². The van der Waals surface area contributed by atoms with Crippen LogP contribution in [0.3, 0.4) is 0 Å². The Hall–Kier alpha value is -1.72. The molecule has 2 atom stereocenters. The van der Waals surface area contributed by atoms with Crippen LogP contribution in [0.15, 0.2) is 23.6 Å². The van der Waals surface area contributed by atoms with Crippen LogP contribution >= 0.6 is 11.3 Å². The van der Waals surface area contributed by atoms with Gasteiger partial charge in [-0.3, -0.25) is 0 Å². The number of aromatic hydroxyl groups is 1. The molecular weight excluding hydrogens is 286 g/mol. The molecule has 0 radical (unpaired) electrons. The van der Waals surface area contributed by atoms with E-state index in [9.17, 15) is 5.11 Å². The van der Waals surface area contributed by atoms with Gasteiger partial charge < -0.3 is 19.5 Å². The van der Waals surface area contributed by atoms with E-state index in [1.165, 1.54) is 15.3 Å². The Labute approximate surface area is 127 Å². The third kappa shape index (κ3) is 2.17. The molecule has 2 aliphatic heterocycles. The predicted molar refractivity (Wildman–Crippen MR) is 80.2 cm³/mol. The molecule has 0 bridgehead atoms. The Morgan fingerprint density at radius 2 is 2.14 bits per heavy atom. The summed E-state index contributed by atoms with van der Waals surface area (Å²) in [7, 11) is 0. The van der Waals surface area contributed by atoms with Crippen LogP contribution in [0.2, 0.25) is 0 Å². The first-order chi connectivity index (χ1) is 10.2.